The molecule has 0 saturated heterocycles. The summed E-state index contributed by atoms with van der Waals surface area (Å²) in [4.78, 5) is 0. The van der Waals surface area contributed by atoms with Gasteiger partial charge in [-0.05, 0) is 0 Å². The number of hydrogen-bond acceptors (Lipinski definition) is 12. The first-order valence-corrected chi connectivity index (χ1v) is 11.4. The van der Waals surface area contributed by atoms with E-state index in [0.29, 0.717) is 112 Å². The van der Waals surface area contributed by atoms with Crippen LogP contribution < -0.4 is 0 Å². The molecule has 200 valence electrons. The highest BCUT2D eigenvalue weighted by atomic mass is 16.6. The Labute approximate surface area is 196 Å². The average molecular weight is 489 g/mol. The van der Waals surface area contributed by atoms with Crippen molar-refractivity contribution in [3.8, 4) is 0 Å². The van der Waals surface area contributed by atoms with Crippen LogP contribution in [0.3, 0.4) is 0 Å². The minimum Gasteiger partial charge on any atom is -0.394 e. The van der Waals surface area contributed by atoms with Crippen LogP contribution in [0.4, 0.5) is 0 Å². The Hall–Kier alpha value is -0.480. The summed E-state index contributed by atoms with van der Waals surface area (Å²) in [6.45, 7) is 6.68. The van der Waals surface area contributed by atoms with Crippen molar-refractivity contribution >= 4 is 0 Å². The molecule has 0 atom stereocenters. The van der Waals surface area contributed by atoms with Crippen LogP contribution in [0.5, 0.6) is 0 Å². The van der Waals surface area contributed by atoms with E-state index in [1.54, 1.807) is 0 Å². The lowest BCUT2D eigenvalue weighted by Gasteiger charge is -2.18. The van der Waals surface area contributed by atoms with Crippen molar-refractivity contribution in [1.82, 2.24) is 0 Å². The molecule has 0 amide bonds. The number of aliphatic hydroxyl groups is 3. The monoisotopic (exact) mass is 488 g/mol. The molecule has 0 heterocycles. The molecule has 12 heteroatoms. The van der Waals surface area contributed by atoms with E-state index in [4.69, 9.17) is 58.0 Å². The third kappa shape index (κ3) is 27.6. The first-order valence-electron chi connectivity index (χ1n) is 11.4. The fraction of sp³-hybridized carbons (Fsp3) is 1.00. The van der Waals surface area contributed by atoms with Crippen LogP contribution in [-0.2, 0) is 42.6 Å². The first-order chi connectivity index (χ1) is 16.3. The molecule has 0 aliphatic rings. The van der Waals surface area contributed by atoms with Gasteiger partial charge >= 0.3 is 0 Å². The van der Waals surface area contributed by atoms with Crippen molar-refractivity contribution in [2.45, 2.75) is 6.10 Å². The minimum absolute atomic E-state index is 0.000269. The van der Waals surface area contributed by atoms with Gasteiger partial charge in [0.1, 0.15) is 6.10 Å². The topological polar surface area (TPSA) is 144 Å². The predicted octanol–water partition coefficient (Wildman–Crippen LogP) is -1.52. The largest absolute Gasteiger partial charge is 0.394 e. The Morgan fingerprint density at radius 2 is 0.606 bits per heavy atom. The van der Waals surface area contributed by atoms with Crippen molar-refractivity contribution in [3.05, 3.63) is 0 Å². The molecular weight excluding hydrogens is 444 g/mol. The molecule has 0 fully saturated rings. The Balaban J connectivity index is 3.84. The van der Waals surface area contributed by atoms with Crippen LogP contribution >= 0.6 is 0 Å². The van der Waals surface area contributed by atoms with Crippen LogP contribution in [0.2, 0.25) is 0 Å². The third-order valence-corrected chi connectivity index (χ3v) is 3.76. The molecule has 0 bridgehead atoms. The van der Waals surface area contributed by atoms with Gasteiger partial charge in [-0.2, -0.15) is 0 Å². The van der Waals surface area contributed by atoms with Crippen molar-refractivity contribution in [3.63, 3.8) is 0 Å². The van der Waals surface area contributed by atoms with Gasteiger partial charge < -0.3 is 58.0 Å². The second-order valence-corrected chi connectivity index (χ2v) is 6.49. The maximum atomic E-state index is 8.64. The summed E-state index contributed by atoms with van der Waals surface area (Å²) in [7, 11) is 0. The number of ether oxygens (including phenoxy) is 9. The maximum Gasteiger partial charge on any atom is 0.104 e. The minimum atomic E-state index is -0.264. The second kappa shape index (κ2) is 29.6. The van der Waals surface area contributed by atoms with E-state index >= 15 is 0 Å². The van der Waals surface area contributed by atoms with Gasteiger partial charge in [0.2, 0.25) is 0 Å². The highest BCUT2D eigenvalue weighted by Gasteiger charge is 2.10. The zero-order valence-electron chi connectivity index (χ0n) is 19.7. The van der Waals surface area contributed by atoms with E-state index in [9.17, 15) is 0 Å². The Bertz CT molecular complexity index is 329. The highest BCUT2D eigenvalue weighted by molar-refractivity contribution is 4.56. The Morgan fingerprint density at radius 3 is 0.939 bits per heavy atom. The molecule has 0 radical (unpaired) electrons. The normalized spacial score (nSPS) is 11.6. The van der Waals surface area contributed by atoms with Crippen LogP contribution in [0.15, 0.2) is 0 Å². The molecule has 0 saturated carbocycles. The number of aliphatic hydroxyl groups excluding tert-OH is 3. The lowest BCUT2D eigenvalue weighted by Crippen LogP contribution is -2.29. The molecule has 0 aliphatic heterocycles. The van der Waals surface area contributed by atoms with Crippen molar-refractivity contribution in [1.29, 1.82) is 0 Å². The number of rotatable bonds is 29. The summed E-state index contributed by atoms with van der Waals surface area (Å²) >= 11 is 0. The summed E-state index contributed by atoms with van der Waals surface area (Å²) in [6, 6.07) is 0. The zero-order chi connectivity index (χ0) is 24.1. The third-order valence-electron chi connectivity index (χ3n) is 3.76. The van der Waals surface area contributed by atoms with Crippen LogP contribution in [0, 0.1) is 0 Å². The van der Waals surface area contributed by atoms with E-state index in [0.717, 1.165) is 0 Å². The standard InChI is InChI=1S/C21H44O12/c22-1-4-25-7-10-28-13-15-31-19-21(33-18-17-30-12-9-27-6-3-24)20-32-16-14-29-11-8-26-5-2-23/h21-24H,1-20H2. The second-order valence-electron chi connectivity index (χ2n) is 6.49. The summed E-state index contributed by atoms with van der Waals surface area (Å²) in [6.07, 6.45) is -0.264. The summed E-state index contributed by atoms with van der Waals surface area (Å²) in [5.41, 5.74) is 0. The van der Waals surface area contributed by atoms with Gasteiger partial charge in [-0.1, -0.05) is 0 Å². The Kier molecular flexibility index (Phi) is 29.1. The molecule has 3 N–H and O–H groups in total. The van der Waals surface area contributed by atoms with Gasteiger partial charge in [-0.25, -0.2) is 0 Å². The van der Waals surface area contributed by atoms with Gasteiger partial charge in [0.15, 0.2) is 0 Å². The van der Waals surface area contributed by atoms with E-state index in [1.165, 1.54) is 0 Å². The summed E-state index contributed by atoms with van der Waals surface area (Å²) < 4.78 is 48.5. The van der Waals surface area contributed by atoms with Crippen molar-refractivity contribution < 1.29 is 58.0 Å². The molecule has 0 aromatic heterocycles. The molecule has 0 aromatic rings. The molecule has 33 heavy (non-hydrogen) atoms. The highest BCUT2D eigenvalue weighted by Crippen LogP contribution is 1.97. The van der Waals surface area contributed by atoms with E-state index in [-0.39, 0.29) is 25.9 Å². The van der Waals surface area contributed by atoms with Crippen LogP contribution in [0.25, 0.3) is 0 Å². The van der Waals surface area contributed by atoms with E-state index < -0.39 is 0 Å². The predicted molar refractivity (Wildman–Crippen MR) is 118 cm³/mol. The fourth-order valence-corrected chi connectivity index (χ4v) is 2.24. The molecule has 0 aromatic carbocycles. The summed E-state index contributed by atoms with van der Waals surface area (Å²) in [5.74, 6) is 0. The lowest BCUT2D eigenvalue weighted by atomic mass is 10.4. The average Bonchev–Trinajstić information content (AvgIpc) is 2.83. The number of hydrogen-bond donors (Lipinski definition) is 3. The smallest absolute Gasteiger partial charge is 0.104 e. The van der Waals surface area contributed by atoms with E-state index in [2.05, 4.69) is 0 Å². The van der Waals surface area contributed by atoms with Gasteiger partial charge in [-0.15, -0.1) is 0 Å². The summed E-state index contributed by atoms with van der Waals surface area (Å²) in [5, 5.41) is 25.9. The van der Waals surface area contributed by atoms with Gasteiger partial charge in [0.05, 0.1) is 132 Å². The van der Waals surface area contributed by atoms with Crippen LogP contribution in [0.1, 0.15) is 0 Å². The fourth-order valence-electron chi connectivity index (χ4n) is 2.24. The zero-order valence-corrected chi connectivity index (χ0v) is 19.7. The molecule has 0 unspecified atom stereocenters. The van der Waals surface area contributed by atoms with Gasteiger partial charge in [0, 0.05) is 0 Å². The SMILES string of the molecule is OCCOCCOCCOCC(COCCOCCOCCO)OCCOCCOCCO. The molecular formula is C21H44O12. The van der Waals surface area contributed by atoms with Crippen molar-refractivity contribution in [2.75, 3.05) is 132 Å². The van der Waals surface area contributed by atoms with Crippen molar-refractivity contribution in [2.24, 2.45) is 0 Å². The van der Waals surface area contributed by atoms with Gasteiger partial charge in [-0.3, -0.25) is 0 Å². The lowest BCUT2D eigenvalue weighted by molar-refractivity contribution is -0.0871. The molecule has 0 spiro atoms. The first kappa shape index (κ1) is 32.5. The maximum absolute atomic E-state index is 8.64. The Morgan fingerprint density at radius 1 is 0.333 bits per heavy atom. The molecule has 12 nitrogen and oxygen atoms in total. The van der Waals surface area contributed by atoms with Gasteiger partial charge in [0.25, 0.3) is 0 Å². The molecule has 0 aliphatic carbocycles. The van der Waals surface area contributed by atoms with E-state index in [1.807, 2.05) is 0 Å². The molecule has 0 rings (SSSR count). The van der Waals surface area contributed by atoms with Crippen LogP contribution in [-0.4, -0.2) is 154 Å². The quantitative estimate of drug-likeness (QED) is 0.105.